The van der Waals surface area contributed by atoms with Crippen molar-refractivity contribution in [2.75, 3.05) is 19.1 Å². The van der Waals surface area contributed by atoms with Crippen LogP contribution in [0.5, 0.6) is 0 Å². The second kappa shape index (κ2) is 5.75. The van der Waals surface area contributed by atoms with Crippen LogP contribution in [0, 0.1) is 5.82 Å². The molecule has 0 aliphatic heterocycles. The topological polar surface area (TPSA) is 20.3 Å². The molecule has 15 heavy (non-hydrogen) atoms. The van der Waals surface area contributed by atoms with Gasteiger partial charge in [-0.1, -0.05) is 12.1 Å². The standard InChI is InChI=1S/C11H14FNOS/c1-13(11(14)8-15-2)7-9-3-5-10(12)6-4-9/h3-6H,7-8H2,1-2H3. The molecule has 1 amide bonds. The number of carbonyl (C=O) groups excluding carboxylic acids is 1. The molecule has 0 aromatic heterocycles. The van der Waals surface area contributed by atoms with Crippen LogP contribution in [-0.4, -0.2) is 29.9 Å². The molecule has 0 radical (unpaired) electrons. The summed E-state index contributed by atoms with van der Waals surface area (Å²) in [5, 5.41) is 0. The van der Waals surface area contributed by atoms with Gasteiger partial charge < -0.3 is 4.90 Å². The van der Waals surface area contributed by atoms with Crippen molar-refractivity contribution in [3.63, 3.8) is 0 Å². The average molecular weight is 227 g/mol. The molecule has 82 valence electrons. The monoisotopic (exact) mass is 227 g/mol. The van der Waals surface area contributed by atoms with Gasteiger partial charge in [0, 0.05) is 13.6 Å². The van der Waals surface area contributed by atoms with Crippen LogP contribution in [0.15, 0.2) is 24.3 Å². The number of rotatable bonds is 4. The van der Waals surface area contributed by atoms with Crippen molar-refractivity contribution in [3.8, 4) is 0 Å². The molecule has 0 N–H and O–H groups in total. The van der Waals surface area contributed by atoms with Gasteiger partial charge in [0.2, 0.25) is 5.91 Å². The fourth-order valence-corrected chi connectivity index (χ4v) is 1.65. The lowest BCUT2D eigenvalue weighted by molar-refractivity contribution is -0.127. The highest BCUT2D eigenvalue weighted by Crippen LogP contribution is 2.06. The minimum atomic E-state index is -0.253. The molecule has 1 rings (SSSR count). The molecule has 1 aromatic carbocycles. The van der Waals surface area contributed by atoms with E-state index in [0.29, 0.717) is 12.3 Å². The Morgan fingerprint density at radius 2 is 2.00 bits per heavy atom. The van der Waals surface area contributed by atoms with E-state index in [2.05, 4.69) is 0 Å². The third-order valence-corrected chi connectivity index (χ3v) is 2.56. The lowest BCUT2D eigenvalue weighted by atomic mass is 10.2. The van der Waals surface area contributed by atoms with Gasteiger partial charge in [0.05, 0.1) is 5.75 Å². The number of hydrogen-bond acceptors (Lipinski definition) is 2. The third-order valence-electron chi connectivity index (χ3n) is 2.03. The van der Waals surface area contributed by atoms with E-state index in [0.717, 1.165) is 5.56 Å². The Labute approximate surface area is 93.5 Å². The number of thioether (sulfide) groups is 1. The molecule has 2 nitrogen and oxygen atoms in total. The van der Waals surface area contributed by atoms with Crippen molar-refractivity contribution in [2.24, 2.45) is 0 Å². The SMILES string of the molecule is CSCC(=O)N(C)Cc1ccc(F)cc1. The Morgan fingerprint density at radius 3 is 2.53 bits per heavy atom. The molecule has 0 aliphatic rings. The molecule has 0 unspecified atom stereocenters. The van der Waals surface area contributed by atoms with Gasteiger partial charge in [0.15, 0.2) is 0 Å². The molecule has 0 saturated carbocycles. The molecular formula is C11H14FNOS. The van der Waals surface area contributed by atoms with Gasteiger partial charge in [0.1, 0.15) is 5.82 Å². The van der Waals surface area contributed by atoms with E-state index in [9.17, 15) is 9.18 Å². The minimum absolute atomic E-state index is 0.0897. The van der Waals surface area contributed by atoms with Crippen molar-refractivity contribution < 1.29 is 9.18 Å². The van der Waals surface area contributed by atoms with Gasteiger partial charge in [-0.3, -0.25) is 4.79 Å². The highest BCUT2D eigenvalue weighted by molar-refractivity contribution is 7.99. The van der Waals surface area contributed by atoms with Crippen LogP contribution in [0.25, 0.3) is 0 Å². The summed E-state index contributed by atoms with van der Waals surface area (Å²) in [6.07, 6.45) is 1.89. The lowest BCUT2D eigenvalue weighted by Gasteiger charge is -2.16. The van der Waals surface area contributed by atoms with Gasteiger partial charge in [0.25, 0.3) is 0 Å². The van der Waals surface area contributed by atoms with Crippen molar-refractivity contribution in [2.45, 2.75) is 6.54 Å². The summed E-state index contributed by atoms with van der Waals surface area (Å²) < 4.78 is 12.6. The van der Waals surface area contributed by atoms with Crippen LogP contribution in [-0.2, 0) is 11.3 Å². The Morgan fingerprint density at radius 1 is 1.40 bits per heavy atom. The van der Waals surface area contributed by atoms with Crippen molar-refractivity contribution in [1.29, 1.82) is 0 Å². The number of amides is 1. The number of benzene rings is 1. The zero-order chi connectivity index (χ0) is 11.3. The Balaban J connectivity index is 2.54. The van der Waals surface area contributed by atoms with E-state index in [1.165, 1.54) is 23.9 Å². The maximum absolute atomic E-state index is 12.6. The average Bonchev–Trinajstić information content (AvgIpc) is 2.22. The second-order valence-corrected chi connectivity index (χ2v) is 4.18. The second-order valence-electron chi connectivity index (χ2n) is 3.31. The summed E-state index contributed by atoms with van der Waals surface area (Å²) in [4.78, 5) is 13.1. The summed E-state index contributed by atoms with van der Waals surface area (Å²) in [5.41, 5.74) is 0.938. The van der Waals surface area contributed by atoms with Crippen LogP contribution in [0.3, 0.4) is 0 Å². The van der Waals surface area contributed by atoms with E-state index in [1.54, 1.807) is 24.1 Å². The van der Waals surface area contributed by atoms with Crippen LogP contribution in [0.1, 0.15) is 5.56 Å². The Hall–Kier alpha value is -1.03. The van der Waals surface area contributed by atoms with E-state index in [-0.39, 0.29) is 11.7 Å². The Kier molecular flexibility index (Phi) is 4.62. The van der Waals surface area contributed by atoms with Gasteiger partial charge in [-0.05, 0) is 24.0 Å². The van der Waals surface area contributed by atoms with Crippen molar-refractivity contribution in [1.82, 2.24) is 4.90 Å². The molecule has 0 saturated heterocycles. The fraction of sp³-hybridized carbons (Fsp3) is 0.364. The summed E-state index contributed by atoms with van der Waals surface area (Å²) in [7, 11) is 1.75. The van der Waals surface area contributed by atoms with Crippen LogP contribution in [0.2, 0.25) is 0 Å². The third kappa shape index (κ3) is 3.91. The molecule has 0 atom stereocenters. The summed E-state index contributed by atoms with van der Waals surface area (Å²) in [6.45, 7) is 0.527. The lowest BCUT2D eigenvalue weighted by Crippen LogP contribution is -2.27. The van der Waals surface area contributed by atoms with Crippen molar-refractivity contribution >= 4 is 17.7 Å². The Bertz CT molecular complexity index is 326. The first-order valence-electron chi connectivity index (χ1n) is 4.61. The largest absolute Gasteiger partial charge is 0.341 e. The molecule has 0 bridgehead atoms. The smallest absolute Gasteiger partial charge is 0.232 e. The quantitative estimate of drug-likeness (QED) is 0.785. The minimum Gasteiger partial charge on any atom is -0.341 e. The van der Waals surface area contributed by atoms with Gasteiger partial charge in [-0.2, -0.15) is 11.8 Å². The first kappa shape index (κ1) is 12.0. The zero-order valence-electron chi connectivity index (χ0n) is 8.87. The van der Waals surface area contributed by atoms with Crippen LogP contribution < -0.4 is 0 Å². The van der Waals surface area contributed by atoms with E-state index < -0.39 is 0 Å². The van der Waals surface area contributed by atoms with E-state index >= 15 is 0 Å². The number of halogens is 1. The van der Waals surface area contributed by atoms with E-state index in [1.807, 2.05) is 6.26 Å². The maximum Gasteiger partial charge on any atom is 0.232 e. The molecule has 0 spiro atoms. The predicted molar refractivity (Wildman–Crippen MR) is 61.3 cm³/mol. The highest BCUT2D eigenvalue weighted by Gasteiger charge is 2.07. The number of carbonyl (C=O) groups is 1. The van der Waals surface area contributed by atoms with Crippen LogP contribution >= 0.6 is 11.8 Å². The summed E-state index contributed by atoms with van der Waals surface area (Å²) >= 11 is 1.50. The van der Waals surface area contributed by atoms with Gasteiger partial charge in [-0.25, -0.2) is 4.39 Å². The van der Waals surface area contributed by atoms with Crippen molar-refractivity contribution in [3.05, 3.63) is 35.6 Å². The summed E-state index contributed by atoms with van der Waals surface area (Å²) in [5.74, 6) is 0.321. The zero-order valence-corrected chi connectivity index (χ0v) is 9.68. The van der Waals surface area contributed by atoms with Crippen LogP contribution in [0.4, 0.5) is 4.39 Å². The maximum atomic E-state index is 12.6. The first-order chi connectivity index (χ1) is 7.13. The van der Waals surface area contributed by atoms with Gasteiger partial charge >= 0.3 is 0 Å². The van der Waals surface area contributed by atoms with E-state index in [4.69, 9.17) is 0 Å². The molecular weight excluding hydrogens is 213 g/mol. The molecule has 0 aliphatic carbocycles. The summed E-state index contributed by atoms with van der Waals surface area (Å²) in [6, 6.07) is 6.20. The predicted octanol–water partition coefficient (Wildman–Crippen LogP) is 2.15. The number of nitrogens with zero attached hydrogens (tertiary/aromatic N) is 1. The molecule has 4 heteroatoms. The molecule has 0 fully saturated rings. The normalized spacial score (nSPS) is 10.1. The number of hydrogen-bond donors (Lipinski definition) is 0. The highest BCUT2D eigenvalue weighted by atomic mass is 32.2. The molecule has 1 aromatic rings. The fourth-order valence-electron chi connectivity index (χ4n) is 1.19. The first-order valence-corrected chi connectivity index (χ1v) is 6.00. The van der Waals surface area contributed by atoms with Gasteiger partial charge in [-0.15, -0.1) is 0 Å². The molecule has 0 heterocycles.